The molecule has 7 nitrogen and oxygen atoms in total. The zero-order valence-electron chi connectivity index (χ0n) is 21.5. The van der Waals surface area contributed by atoms with Gasteiger partial charge < -0.3 is 19.0 Å². The third-order valence-corrected chi connectivity index (χ3v) is 5.72. The van der Waals surface area contributed by atoms with Crippen LogP contribution in [0.4, 0.5) is 4.39 Å². The lowest BCUT2D eigenvalue weighted by atomic mass is 10.1. The van der Waals surface area contributed by atoms with Gasteiger partial charge in [0.05, 0.1) is 31.1 Å². The van der Waals surface area contributed by atoms with Crippen LogP contribution in [-0.2, 0) is 24.9 Å². The lowest BCUT2D eigenvalue weighted by molar-refractivity contribution is 0.00453. The first-order valence-corrected chi connectivity index (χ1v) is 12.4. The minimum atomic E-state index is -0.696. The van der Waals surface area contributed by atoms with Gasteiger partial charge in [-0.2, -0.15) is 5.10 Å². The second-order valence-electron chi connectivity index (χ2n) is 9.52. The molecule has 1 atom stereocenters. The van der Waals surface area contributed by atoms with Crippen LogP contribution >= 0.6 is 0 Å². The van der Waals surface area contributed by atoms with Crippen LogP contribution in [0.2, 0.25) is 0 Å². The second kappa shape index (κ2) is 12.7. The standard InChI is InChI=1S/C29H34FN3O4/c1-21(2)19-35-20-24(34)16-33(17-26-13-8-14-36-26)18-27-28(22-9-5-4-6-10-22)31-32(3)29(27)37-25-12-7-11-23(30)15-25/h4-15,21,24,34H,16-20H2,1-3H3. The van der Waals surface area contributed by atoms with Crippen LogP contribution < -0.4 is 4.74 Å². The number of nitrogens with zero attached hydrogens (tertiary/aromatic N) is 3. The first-order valence-electron chi connectivity index (χ1n) is 12.4. The maximum Gasteiger partial charge on any atom is 0.222 e. The Balaban J connectivity index is 1.66. The minimum Gasteiger partial charge on any atom is -0.468 e. The molecule has 1 unspecified atom stereocenters. The van der Waals surface area contributed by atoms with E-state index >= 15 is 0 Å². The summed E-state index contributed by atoms with van der Waals surface area (Å²) in [5.74, 6) is 1.65. The van der Waals surface area contributed by atoms with Crippen LogP contribution in [0, 0.1) is 11.7 Å². The maximum absolute atomic E-state index is 13.9. The van der Waals surface area contributed by atoms with Gasteiger partial charge in [0.15, 0.2) is 0 Å². The molecule has 0 spiro atoms. The number of rotatable bonds is 13. The van der Waals surface area contributed by atoms with Crippen LogP contribution in [0.3, 0.4) is 0 Å². The second-order valence-corrected chi connectivity index (χ2v) is 9.52. The van der Waals surface area contributed by atoms with Crippen molar-refractivity contribution in [2.45, 2.75) is 33.0 Å². The summed E-state index contributed by atoms with van der Waals surface area (Å²) in [4.78, 5) is 2.07. The molecule has 0 bridgehead atoms. The minimum absolute atomic E-state index is 0.234. The molecule has 0 amide bonds. The predicted octanol–water partition coefficient (Wildman–Crippen LogP) is 5.65. The van der Waals surface area contributed by atoms with E-state index in [2.05, 4.69) is 18.7 Å². The van der Waals surface area contributed by atoms with E-state index in [1.165, 1.54) is 12.1 Å². The van der Waals surface area contributed by atoms with E-state index in [1.54, 1.807) is 30.1 Å². The number of halogens is 1. The summed E-state index contributed by atoms with van der Waals surface area (Å²) in [5.41, 5.74) is 2.50. The number of hydrogen-bond donors (Lipinski definition) is 1. The number of benzene rings is 2. The number of aliphatic hydroxyl groups excluding tert-OH is 1. The van der Waals surface area contributed by atoms with Gasteiger partial charge in [-0.25, -0.2) is 9.07 Å². The number of aliphatic hydroxyl groups is 1. The fourth-order valence-corrected chi connectivity index (χ4v) is 4.11. The molecule has 0 saturated carbocycles. The molecule has 1 N–H and O–H groups in total. The Bertz CT molecular complexity index is 1240. The summed E-state index contributed by atoms with van der Waals surface area (Å²) < 4.78 is 33.0. The summed E-state index contributed by atoms with van der Waals surface area (Å²) in [6, 6.07) is 19.6. The van der Waals surface area contributed by atoms with E-state index < -0.39 is 6.10 Å². The van der Waals surface area contributed by atoms with E-state index in [1.807, 2.05) is 42.5 Å². The summed E-state index contributed by atoms with van der Waals surface area (Å²) >= 11 is 0. The van der Waals surface area contributed by atoms with E-state index in [-0.39, 0.29) is 12.4 Å². The zero-order chi connectivity index (χ0) is 26.2. The lowest BCUT2D eigenvalue weighted by Gasteiger charge is -2.25. The van der Waals surface area contributed by atoms with Crippen molar-refractivity contribution in [2.75, 3.05) is 19.8 Å². The van der Waals surface area contributed by atoms with Crippen molar-refractivity contribution in [1.82, 2.24) is 14.7 Å². The lowest BCUT2D eigenvalue weighted by Crippen LogP contribution is -2.34. The van der Waals surface area contributed by atoms with Crippen molar-refractivity contribution in [3.63, 3.8) is 0 Å². The van der Waals surface area contributed by atoms with Gasteiger partial charge in [-0.1, -0.05) is 50.2 Å². The highest BCUT2D eigenvalue weighted by Gasteiger charge is 2.24. The topological polar surface area (TPSA) is 72.9 Å². The van der Waals surface area contributed by atoms with E-state index in [9.17, 15) is 9.50 Å². The fraction of sp³-hybridized carbons (Fsp3) is 0.345. The van der Waals surface area contributed by atoms with Crippen molar-refractivity contribution >= 4 is 0 Å². The van der Waals surface area contributed by atoms with Crippen LogP contribution in [0.1, 0.15) is 25.2 Å². The highest BCUT2D eigenvalue weighted by atomic mass is 19.1. The van der Waals surface area contributed by atoms with E-state index in [0.717, 1.165) is 22.6 Å². The number of ether oxygens (including phenoxy) is 2. The first-order chi connectivity index (χ1) is 17.9. The normalized spacial score (nSPS) is 12.4. The molecule has 8 heteroatoms. The number of hydrogen-bond acceptors (Lipinski definition) is 6. The molecule has 196 valence electrons. The molecule has 0 aliphatic carbocycles. The van der Waals surface area contributed by atoms with Crippen LogP contribution in [0.25, 0.3) is 11.3 Å². The third kappa shape index (κ3) is 7.52. The first kappa shape index (κ1) is 26.6. The highest BCUT2D eigenvalue weighted by molar-refractivity contribution is 5.65. The summed E-state index contributed by atoms with van der Waals surface area (Å²) in [6.45, 7) is 6.19. The maximum atomic E-state index is 13.9. The molecular weight excluding hydrogens is 473 g/mol. The average Bonchev–Trinajstić information content (AvgIpc) is 3.48. The average molecular weight is 508 g/mol. The quantitative estimate of drug-likeness (QED) is 0.252. The Morgan fingerprint density at radius 1 is 1.03 bits per heavy atom. The highest BCUT2D eigenvalue weighted by Crippen LogP contribution is 2.34. The van der Waals surface area contributed by atoms with Crippen molar-refractivity contribution < 1.29 is 23.4 Å². The summed E-state index contributed by atoms with van der Waals surface area (Å²) in [7, 11) is 1.80. The predicted molar refractivity (Wildman–Crippen MR) is 140 cm³/mol. The zero-order valence-corrected chi connectivity index (χ0v) is 21.5. The molecule has 2 heterocycles. The number of aryl methyl sites for hydroxylation is 1. The monoisotopic (exact) mass is 507 g/mol. The molecule has 2 aromatic heterocycles. The van der Waals surface area contributed by atoms with E-state index in [4.69, 9.17) is 19.0 Å². The van der Waals surface area contributed by atoms with Gasteiger partial charge in [-0.3, -0.25) is 4.90 Å². The molecule has 37 heavy (non-hydrogen) atoms. The van der Waals surface area contributed by atoms with Crippen molar-refractivity contribution in [1.29, 1.82) is 0 Å². The van der Waals surface area contributed by atoms with Gasteiger partial charge >= 0.3 is 0 Å². The van der Waals surface area contributed by atoms with Gasteiger partial charge in [-0.05, 0) is 30.2 Å². The molecule has 0 saturated heterocycles. The Hall–Kier alpha value is -3.46. The molecule has 4 rings (SSSR count). The smallest absolute Gasteiger partial charge is 0.222 e. The SMILES string of the molecule is CC(C)COCC(O)CN(Cc1ccco1)Cc1c(-c2ccccc2)nn(C)c1Oc1cccc(F)c1. The Labute approximate surface area is 217 Å². The van der Waals surface area contributed by atoms with Gasteiger partial charge in [0.25, 0.3) is 0 Å². The van der Waals surface area contributed by atoms with Gasteiger partial charge in [0.2, 0.25) is 5.88 Å². The van der Waals surface area contributed by atoms with Gasteiger partial charge in [-0.15, -0.1) is 0 Å². The Kier molecular flexibility index (Phi) is 9.11. The van der Waals surface area contributed by atoms with Crippen molar-refractivity contribution in [3.8, 4) is 22.9 Å². The van der Waals surface area contributed by atoms with Crippen LogP contribution in [-0.4, -0.2) is 45.6 Å². The van der Waals surface area contributed by atoms with Gasteiger partial charge in [0.1, 0.15) is 23.0 Å². The fourth-order valence-electron chi connectivity index (χ4n) is 4.11. The molecular formula is C29H34FN3O4. The summed E-state index contributed by atoms with van der Waals surface area (Å²) in [6.07, 6.45) is 0.936. The van der Waals surface area contributed by atoms with Crippen molar-refractivity contribution in [2.24, 2.45) is 13.0 Å². The van der Waals surface area contributed by atoms with Gasteiger partial charge in [0, 0.05) is 38.4 Å². The molecule has 2 aromatic carbocycles. The molecule has 0 radical (unpaired) electrons. The van der Waals surface area contributed by atoms with Crippen LogP contribution in [0.5, 0.6) is 11.6 Å². The van der Waals surface area contributed by atoms with Crippen LogP contribution in [0.15, 0.2) is 77.4 Å². The largest absolute Gasteiger partial charge is 0.468 e. The molecule has 0 aliphatic rings. The molecule has 4 aromatic rings. The Morgan fingerprint density at radius 2 is 1.84 bits per heavy atom. The Morgan fingerprint density at radius 3 is 2.54 bits per heavy atom. The van der Waals surface area contributed by atoms with E-state index in [0.29, 0.717) is 43.8 Å². The third-order valence-electron chi connectivity index (χ3n) is 5.72. The molecule has 0 aliphatic heterocycles. The summed E-state index contributed by atoms with van der Waals surface area (Å²) in [5, 5.41) is 15.5. The number of furan rings is 1. The van der Waals surface area contributed by atoms with Crippen molar-refractivity contribution in [3.05, 3.63) is 90.1 Å². The number of aromatic nitrogens is 2. The molecule has 0 fully saturated rings.